The fraction of sp³-hybridized carbons (Fsp3) is 0.462. The number of nitrogens with zero attached hydrogens (tertiary/aromatic N) is 3. The summed E-state index contributed by atoms with van der Waals surface area (Å²) in [7, 11) is 0. The number of nitrogens with two attached hydrogens (primary N) is 1. The predicted octanol–water partition coefficient (Wildman–Crippen LogP) is 1.58. The molecular formula is C13H18N4O. The second-order valence-corrected chi connectivity index (χ2v) is 4.36. The third-order valence-corrected chi connectivity index (χ3v) is 2.97. The van der Waals surface area contributed by atoms with Gasteiger partial charge in [0.15, 0.2) is 5.82 Å². The molecule has 5 nitrogen and oxygen atoms in total. The van der Waals surface area contributed by atoms with Crippen LogP contribution >= 0.6 is 0 Å². The van der Waals surface area contributed by atoms with Crippen LogP contribution in [0.2, 0.25) is 0 Å². The van der Waals surface area contributed by atoms with Gasteiger partial charge in [-0.05, 0) is 24.1 Å². The molecule has 2 rings (SSSR count). The van der Waals surface area contributed by atoms with Crippen molar-refractivity contribution in [1.82, 2.24) is 15.1 Å². The van der Waals surface area contributed by atoms with Crippen molar-refractivity contribution in [2.75, 3.05) is 6.54 Å². The highest BCUT2D eigenvalue weighted by Crippen LogP contribution is 2.11. The second-order valence-electron chi connectivity index (χ2n) is 4.36. The van der Waals surface area contributed by atoms with Crippen LogP contribution in [0.3, 0.4) is 0 Å². The average molecular weight is 246 g/mol. The van der Waals surface area contributed by atoms with Crippen molar-refractivity contribution < 1.29 is 4.52 Å². The van der Waals surface area contributed by atoms with Gasteiger partial charge in [-0.1, -0.05) is 24.6 Å². The van der Waals surface area contributed by atoms with Crippen LogP contribution in [0, 0.1) is 5.92 Å². The Morgan fingerprint density at radius 2 is 2.33 bits per heavy atom. The van der Waals surface area contributed by atoms with Gasteiger partial charge in [-0.2, -0.15) is 4.98 Å². The Bertz CT molecular complexity index is 465. The molecule has 1 atom stereocenters. The van der Waals surface area contributed by atoms with Gasteiger partial charge in [0, 0.05) is 25.2 Å². The Hall–Kier alpha value is -1.75. The fourth-order valence-corrected chi connectivity index (χ4v) is 1.77. The number of pyridine rings is 1. The van der Waals surface area contributed by atoms with Gasteiger partial charge in [0.2, 0.25) is 5.89 Å². The van der Waals surface area contributed by atoms with Crippen LogP contribution in [-0.2, 0) is 12.8 Å². The first-order valence-electron chi connectivity index (χ1n) is 6.22. The zero-order valence-electron chi connectivity index (χ0n) is 10.5. The molecule has 18 heavy (non-hydrogen) atoms. The zero-order chi connectivity index (χ0) is 12.8. The van der Waals surface area contributed by atoms with Gasteiger partial charge in [-0.25, -0.2) is 0 Å². The van der Waals surface area contributed by atoms with Gasteiger partial charge in [-0.3, -0.25) is 4.98 Å². The van der Waals surface area contributed by atoms with E-state index in [1.165, 1.54) is 0 Å². The van der Waals surface area contributed by atoms with Crippen LogP contribution in [0.4, 0.5) is 0 Å². The lowest BCUT2D eigenvalue weighted by atomic mass is 10.0. The molecule has 0 bridgehead atoms. The van der Waals surface area contributed by atoms with Crippen molar-refractivity contribution in [3.63, 3.8) is 0 Å². The van der Waals surface area contributed by atoms with E-state index in [4.69, 9.17) is 10.3 Å². The molecule has 0 amide bonds. The van der Waals surface area contributed by atoms with Crippen LogP contribution in [0.5, 0.6) is 0 Å². The molecule has 0 radical (unpaired) electrons. The first-order chi connectivity index (χ1) is 8.81. The summed E-state index contributed by atoms with van der Waals surface area (Å²) in [6.45, 7) is 2.77. The molecule has 2 heterocycles. The van der Waals surface area contributed by atoms with E-state index in [0.717, 1.165) is 18.4 Å². The normalized spacial score (nSPS) is 12.6. The Labute approximate surface area is 106 Å². The highest BCUT2D eigenvalue weighted by Gasteiger charge is 2.12. The molecule has 5 heteroatoms. The van der Waals surface area contributed by atoms with E-state index in [-0.39, 0.29) is 0 Å². The molecule has 96 valence electrons. The van der Waals surface area contributed by atoms with Gasteiger partial charge in [-0.15, -0.1) is 0 Å². The van der Waals surface area contributed by atoms with Gasteiger partial charge >= 0.3 is 0 Å². The maximum atomic E-state index is 5.66. The van der Waals surface area contributed by atoms with Gasteiger partial charge < -0.3 is 10.3 Å². The predicted molar refractivity (Wildman–Crippen MR) is 67.9 cm³/mol. The van der Waals surface area contributed by atoms with Crippen molar-refractivity contribution in [2.45, 2.75) is 26.2 Å². The molecule has 2 N–H and O–H groups in total. The maximum Gasteiger partial charge on any atom is 0.226 e. The SMILES string of the molecule is CCC(CN)Cc1nc(Cc2cccnc2)no1. The monoisotopic (exact) mass is 246 g/mol. The van der Waals surface area contributed by atoms with E-state index in [9.17, 15) is 0 Å². The Morgan fingerprint density at radius 1 is 1.44 bits per heavy atom. The first kappa shape index (κ1) is 12.7. The van der Waals surface area contributed by atoms with Crippen molar-refractivity contribution >= 4 is 0 Å². The summed E-state index contributed by atoms with van der Waals surface area (Å²) in [6, 6.07) is 3.90. The van der Waals surface area contributed by atoms with Crippen molar-refractivity contribution in [1.29, 1.82) is 0 Å². The topological polar surface area (TPSA) is 77.8 Å². The van der Waals surface area contributed by atoms with Crippen LogP contribution in [-0.4, -0.2) is 21.7 Å². The zero-order valence-corrected chi connectivity index (χ0v) is 10.5. The van der Waals surface area contributed by atoms with Crippen molar-refractivity contribution in [3.05, 3.63) is 41.8 Å². The van der Waals surface area contributed by atoms with E-state index >= 15 is 0 Å². The van der Waals surface area contributed by atoms with E-state index < -0.39 is 0 Å². The minimum atomic E-state index is 0.414. The molecule has 0 fully saturated rings. The van der Waals surface area contributed by atoms with E-state index in [0.29, 0.717) is 30.6 Å². The first-order valence-corrected chi connectivity index (χ1v) is 6.22. The molecule has 0 aliphatic carbocycles. The van der Waals surface area contributed by atoms with Crippen LogP contribution < -0.4 is 5.73 Å². The summed E-state index contributed by atoms with van der Waals surface area (Å²) in [4.78, 5) is 8.44. The Balaban J connectivity index is 1.98. The molecule has 2 aromatic rings. The van der Waals surface area contributed by atoms with Gasteiger partial charge in [0.1, 0.15) is 0 Å². The number of hydrogen-bond donors (Lipinski definition) is 1. The molecule has 0 spiro atoms. The fourth-order valence-electron chi connectivity index (χ4n) is 1.77. The molecular weight excluding hydrogens is 228 g/mol. The summed E-state index contributed by atoms with van der Waals surface area (Å²) in [5.41, 5.74) is 6.74. The van der Waals surface area contributed by atoms with Crippen LogP contribution in [0.1, 0.15) is 30.6 Å². The highest BCUT2D eigenvalue weighted by atomic mass is 16.5. The molecule has 0 aliphatic rings. The minimum Gasteiger partial charge on any atom is -0.339 e. The Kier molecular flexibility index (Phi) is 4.41. The summed E-state index contributed by atoms with van der Waals surface area (Å²) in [6.07, 6.45) is 5.99. The standard InChI is InChI=1S/C13H18N4O/c1-2-10(8-14)7-13-16-12(17-18-13)6-11-4-3-5-15-9-11/h3-5,9-10H,2,6-8,14H2,1H3. The molecule has 1 unspecified atom stereocenters. The number of rotatable bonds is 6. The summed E-state index contributed by atoms with van der Waals surface area (Å²) >= 11 is 0. The molecule has 0 aromatic carbocycles. The van der Waals surface area contributed by atoms with Gasteiger partial charge in [0.05, 0.1) is 0 Å². The summed E-state index contributed by atoms with van der Waals surface area (Å²) in [5, 5.41) is 3.98. The minimum absolute atomic E-state index is 0.414. The van der Waals surface area contributed by atoms with E-state index in [1.54, 1.807) is 6.20 Å². The number of aromatic nitrogens is 3. The van der Waals surface area contributed by atoms with Crippen LogP contribution in [0.15, 0.2) is 29.0 Å². The van der Waals surface area contributed by atoms with Crippen LogP contribution in [0.25, 0.3) is 0 Å². The maximum absolute atomic E-state index is 5.66. The van der Waals surface area contributed by atoms with Crippen molar-refractivity contribution in [2.24, 2.45) is 11.7 Å². The third kappa shape index (κ3) is 3.37. The molecule has 0 aliphatic heterocycles. The molecule has 0 saturated carbocycles. The Morgan fingerprint density at radius 3 is 3.00 bits per heavy atom. The third-order valence-electron chi connectivity index (χ3n) is 2.97. The largest absolute Gasteiger partial charge is 0.339 e. The lowest BCUT2D eigenvalue weighted by molar-refractivity contribution is 0.347. The summed E-state index contributed by atoms with van der Waals surface area (Å²) in [5.74, 6) is 1.78. The second kappa shape index (κ2) is 6.26. The lowest BCUT2D eigenvalue weighted by Crippen LogP contribution is -2.16. The summed E-state index contributed by atoms with van der Waals surface area (Å²) < 4.78 is 5.23. The average Bonchev–Trinajstić information content (AvgIpc) is 2.84. The quantitative estimate of drug-likeness (QED) is 0.837. The van der Waals surface area contributed by atoms with Gasteiger partial charge in [0.25, 0.3) is 0 Å². The van der Waals surface area contributed by atoms with E-state index in [2.05, 4.69) is 22.0 Å². The van der Waals surface area contributed by atoms with E-state index in [1.807, 2.05) is 18.3 Å². The van der Waals surface area contributed by atoms with Crippen molar-refractivity contribution in [3.8, 4) is 0 Å². The number of hydrogen-bond acceptors (Lipinski definition) is 5. The smallest absolute Gasteiger partial charge is 0.226 e. The lowest BCUT2D eigenvalue weighted by Gasteiger charge is -2.07. The molecule has 0 saturated heterocycles. The molecule has 2 aromatic heterocycles. The highest BCUT2D eigenvalue weighted by molar-refractivity contribution is 5.13.